The quantitative estimate of drug-likeness (QED) is 0.740. The largest absolute Gasteiger partial charge is 1.00 e. The molecule has 1 aromatic carbocycles. The van der Waals surface area contributed by atoms with Gasteiger partial charge in [0.05, 0.1) is 0 Å². The zero-order valence-corrected chi connectivity index (χ0v) is 16.5. The van der Waals surface area contributed by atoms with Gasteiger partial charge in [-0.05, 0) is 41.9 Å². The molecule has 0 radical (unpaired) electrons. The molecule has 2 rings (SSSR count). The zero-order chi connectivity index (χ0) is 13.2. The number of rotatable bonds is 5. The van der Waals surface area contributed by atoms with E-state index in [1.165, 1.54) is 31.2 Å². The molecule has 0 N–H and O–H groups in total. The van der Waals surface area contributed by atoms with Gasteiger partial charge in [0.1, 0.15) is 0 Å². The predicted molar refractivity (Wildman–Crippen MR) is 79.5 cm³/mol. The topological polar surface area (TPSA) is 14.1 Å². The van der Waals surface area contributed by atoms with Crippen molar-refractivity contribution >= 4 is 11.6 Å². The van der Waals surface area contributed by atoms with Crippen LogP contribution in [0.15, 0.2) is 24.3 Å². The van der Waals surface area contributed by atoms with Crippen LogP contribution in [0, 0.1) is 5.92 Å². The minimum absolute atomic E-state index is 0. The van der Waals surface area contributed by atoms with Crippen LogP contribution >= 0.6 is 11.6 Å². The third-order valence-electron chi connectivity index (χ3n) is 4.31. The molecule has 0 aromatic heterocycles. The molecule has 1 aliphatic carbocycles. The predicted octanol–water partition coefficient (Wildman–Crippen LogP) is 2.18. The summed E-state index contributed by atoms with van der Waals surface area (Å²) < 4.78 is 0. The smallest absolute Gasteiger partial charge is 0.662 e. The van der Waals surface area contributed by atoms with Crippen LogP contribution in [0.4, 0.5) is 0 Å². The van der Waals surface area contributed by atoms with Crippen LogP contribution in [0.25, 0.3) is 5.32 Å². The molecule has 1 nitrogen and oxygen atoms in total. The molecule has 0 aliphatic heterocycles. The molecule has 1 atom stereocenters. The van der Waals surface area contributed by atoms with Crippen molar-refractivity contribution in [2.45, 2.75) is 51.0 Å². The number of hydrogen-bond acceptors (Lipinski definition) is 0. The second-order valence-electron chi connectivity index (χ2n) is 5.92. The molecule has 0 bridgehead atoms. The van der Waals surface area contributed by atoms with E-state index in [0.29, 0.717) is 12.0 Å². The SMILES string of the molecule is C[N-]C(CC(C)C)C1(c2ccc(Cl)cc2)CCC1.[K+]. The molecule has 0 amide bonds. The zero-order valence-electron chi connectivity index (χ0n) is 12.6. The Hall–Kier alpha value is 1.11. The standard InChI is InChI=1S/C16H23ClN.K/c1-12(2)11-15(18-3)16(9-4-10-16)13-5-7-14(17)8-6-13;/h5-8,12,15H,4,9-11H2,1-3H3;/q-1;+1. The van der Waals surface area contributed by atoms with Gasteiger partial charge in [-0.3, -0.25) is 0 Å². The van der Waals surface area contributed by atoms with E-state index >= 15 is 0 Å². The number of likely N-dealkylation sites (N-methyl/N-ethyl adjacent to an activating group) is 1. The van der Waals surface area contributed by atoms with Gasteiger partial charge in [0, 0.05) is 5.02 Å². The van der Waals surface area contributed by atoms with Crippen LogP contribution in [0.3, 0.4) is 0 Å². The Balaban J connectivity index is 0.00000180. The third kappa shape index (κ3) is 4.06. The maximum Gasteiger partial charge on any atom is 1.00 e. The normalized spacial score (nSPS) is 18.6. The summed E-state index contributed by atoms with van der Waals surface area (Å²) in [5.41, 5.74) is 1.71. The maximum absolute atomic E-state index is 6.00. The van der Waals surface area contributed by atoms with Crippen molar-refractivity contribution in [3.05, 3.63) is 40.2 Å². The van der Waals surface area contributed by atoms with E-state index in [0.717, 1.165) is 5.02 Å². The molecule has 3 heteroatoms. The Kier molecular flexibility index (Phi) is 7.58. The molecular weight excluding hydrogens is 281 g/mol. The summed E-state index contributed by atoms with van der Waals surface area (Å²) in [6, 6.07) is 8.87. The summed E-state index contributed by atoms with van der Waals surface area (Å²) in [6.45, 7) is 4.57. The van der Waals surface area contributed by atoms with E-state index in [-0.39, 0.29) is 56.8 Å². The van der Waals surface area contributed by atoms with E-state index in [1.54, 1.807) is 0 Å². The Bertz CT molecular complexity index is 384. The van der Waals surface area contributed by atoms with Gasteiger partial charge in [0.25, 0.3) is 0 Å². The number of benzene rings is 1. The van der Waals surface area contributed by atoms with Crippen LogP contribution in [-0.2, 0) is 5.41 Å². The molecule has 0 heterocycles. The Labute approximate surface area is 165 Å². The van der Waals surface area contributed by atoms with Crippen LogP contribution < -0.4 is 51.4 Å². The third-order valence-corrected chi connectivity index (χ3v) is 4.56. The molecule has 19 heavy (non-hydrogen) atoms. The summed E-state index contributed by atoms with van der Waals surface area (Å²) >= 11 is 6.00. The Morgan fingerprint density at radius 3 is 2.16 bits per heavy atom. The van der Waals surface area contributed by atoms with Crippen molar-refractivity contribution in [3.63, 3.8) is 0 Å². The van der Waals surface area contributed by atoms with E-state index in [9.17, 15) is 0 Å². The van der Waals surface area contributed by atoms with Gasteiger partial charge >= 0.3 is 51.4 Å². The molecule has 0 spiro atoms. The van der Waals surface area contributed by atoms with Crippen molar-refractivity contribution in [2.24, 2.45) is 5.92 Å². The van der Waals surface area contributed by atoms with Crippen LogP contribution in [-0.4, -0.2) is 13.1 Å². The fourth-order valence-electron chi connectivity index (χ4n) is 3.18. The molecule has 1 aromatic rings. The molecule has 1 unspecified atom stereocenters. The maximum atomic E-state index is 6.00. The van der Waals surface area contributed by atoms with Crippen LogP contribution in [0.2, 0.25) is 5.02 Å². The second-order valence-corrected chi connectivity index (χ2v) is 6.36. The van der Waals surface area contributed by atoms with Crippen LogP contribution in [0.1, 0.15) is 45.1 Å². The van der Waals surface area contributed by atoms with Gasteiger partial charge in [0.2, 0.25) is 0 Å². The first-order valence-electron chi connectivity index (χ1n) is 6.93. The number of nitrogens with zero attached hydrogens (tertiary/aromatic N) is 1. The summed E-state index contributed by atoms with van der Waals surface area (Å²) in [6.07, 6.45) is 5.04. The minimum Gasteiger partial charge on any atom is -0.662 e. The molecule has 100 valence electrons. The fourth-order valence-corrected chi connectivity index (χ4v) is 3.30. The van der Waals surface area contributed by atoms with Gasteiger partial charge in [-0.2, -0.15) is 7.05 Å². The second kappa shape index (κ2) is 7.93. The average molecular weight is 304 g/mol. The van der Waals surface area contributed by atoms with Crippen molar-refractivity contribution in [1.82, 2.24) is 0 Å². The van der Waals surface area contributed by atoms with Crippen molar-refractivity contribution in [1.29, 1.82) is 0 Å². The minimum atomic E-state index is 0. The molecule has 1 aliphatic rings. The van der Waals surface area contributed by atoms with Crippen molar-refractivity contribution in [2.75, 3.05) is 7.05 Å². The number of halogens is 1. The number of hydrogen-bond donors (Lipinski definition) is 0. The van der Waals surface area contributed by atoms with Gasteiger partial charge in [-0.25, -0.2) is 0 Å². The van der Waals surface area contributed by atoms with E-state index in [2.05, 4.69) is 31.3 Å². The summed E-state index contributed by atoms with van der Waals surface area (Å²) in [5, 5.41) is 5.51. The van der Waals surface area contributed by atoms with Gasteiger partial charge < -0.3 is 5.32 Å². The van der Waals surface area contributed by atoms with E-state index < -0.39 is 0 Å². The summed E-state index contributed by atoms with van der Waals surface area (Å²) in [4.78, 5) is 0. The van der Waals surface area contributed by atoms with Crippen molar-refractivity contribution < 1.29 is 51.4 Å². The van der Waals surface area contributed by atoms with E-state index in [1.807, 2.05) is 19.2 Å². The first-order chi connectivity index (χ1) is 8.58. The fraction of sp³-hybridized carbons (Fsp3) is 0.625. The molecule has 0 saturated heterocycles. The molecule has 1 fully saturated rings. The average Bonchev–Trinajstić information content (AvgIpc) is 2.28. The van der Waals surface area contributed by atoms with Gasteiger partial charge in [-0.15, -0.1) is 6.04 Å². The Morgan fingerprint density at radius 1 is 1.21 bits per heavy atom. The van der Waals surface area contributed by atoms with Crippen molar-refractivity contribution in [3.8, 4) is 0 Å². The first kappa shape index (κ1) is 18.2. The van der Waals surface area contributed by atoms with Crippen LogP contribution in [0.5, 0.6) is 0 Å². The van der Waals surface area contributed by atoms with Gasteiger partial charge in [0.15, 0.2) is 0 Å². The van der Waals surface area contributed by atoms with E-state index in [4.69, 9.17) is 11.6 Å². The Morgan fingerprint density at radius 2 is 1.79 bits per heavy atom. The summed E-state index contributed by atoms with van der Waals surface area (Å²) in [7, 11) is 1.98. The van der Waals surface area contributed by atoms with Gasteiger partial charge in [-0.1, -0.05) is 50.4 Å². The monoisotopic (exact) mass is 303 g/mol. The molecular formula is C16H23ClKN. The molecule has 1 saturated carbocycles. The first-order valence-corrected chi connectivity index (χ1v) is 7.31. The summed E-state index contributed by atoms with van der Waals surface area (Å²) in [5.74, 6) is 0.698.